The first-order valence-corrected chi connectivity index (χ1v) is 35.2. The Morgan fingerprint density at radius 1 is 0.650 bits per heavy atom. The number of terminal acetylenes is 1. The van der Waals surface area contributed by atoms with E-state index < -0.39 is 112 Å². The second-order valence-electron chi connectivity index (χ2n) is 27.0. The van der Waals surface area contributed by atoms with Crippen LogP contribution in [0, 0.1) is 24.2 Å². The SMILES string of the molecule is C#CCO[C@H]1[C@@H](O[C@H]2[C@H](OC(C)=O)[C@@H](OC(C)=O)[C@H](OCC#Cc3ccc(C4=C5C=CC(/C=C/c6ccc(N(C)C)cc6)=[N+]5[B-](F)(F)n5c(/C=C/c6ccc(N(C)C)cc6)ccc54)cc3)O[C@@H]2COC(C)=O)O[C@H](CO[Si](c2ccccc2)(c2ccccc2)C(C)(C)C)[C@@H]2OC(C)(C)O[C@@H]21. The molecule has 0 N–H and O–H groups in total. The average molecular weight is 1380 g/mol. The normalized spacial score (nSPS) is 23.6. The summed E-state index contributed by atoms with van der Waals surface area (Å²) in [6.45, 7) is 8.13. The van der Waals surface area contributed by atoms with Crippen LogP contribution in [-0.4, -0.2) is 170 Å². The van der Waals surface area contributed by atoms with Crippen LogP contribution >= 0.6 is 0 Å². The second-order valence-corrected chi connectivity index (χ2v) is 31.3. The fourth-order valence-electron chi connectivity index (χ4n) is 13.6. The van der Waals surface area contributed by atoms with E-state index in [2.05, 4.69) is 62.8 Å². The molecule has 0 radical (unpaired) electrons. The van der Waals surface area contributed by atoms with E-state index in [0.717, 1.165) is 41.8 Å². The van der Waals surface area contributed by atoms with Crippen molar-refractivity contribution in [2.45, 2.75) is 128 Å². The minimum absolute atomic E-state index is 0.0240. The first-order chi connectivity index (χ1) is 47.8. The van der Waals surface area contributed by atoms with Gasteiger partial charge >= 0.3 is 24.9 Å². The van der Waals surface area contributed by atoms with E-state index in [1.165, 1.54) is 20.8 Å². The number of halogens is 2. The van der Waals surface area contributed by atoms with E-state index in [0.29, 0.717) is 39.5 Å². The van der Waals surface area contributed by atoms with E-state index >= 15 is 8.63 Å². The zero-order valence-electron chi connectivity index (χ0n) is 58.3. The molecular weight excluding hydrogens is 1290 g/mol. The van der Waals surface area contributed by atoms with Crippen molar-refractivity contribution in [1.29, 1.82) is 0 Å². The largest absolute Gasteiger partial charge is 0.737 e. The van der Waals surface area contributed by atoms with Crippen LogP contribution in [0.5, 0.6) is 0 Å². The number of hydrogen-bond acceptors (Lipinski definition) is 16. The number of benzene rings is 5. The molecule has 6 heterocycles. The number of carbonyl (C=O) groups excluding carboxylic acids is 3. The van der Waals surface area contributed by atoms with Crippen LogP contribution in [0.2, 0.25) is 5.04 Å². The molecule has 0 spiro atoms. The summed E-state index contributed by atoms with van der Waals surface area (Å²) in [7, 11) is 4.62. The molecule has 0 amide bonds. The smallest absolute Gasteiger partial charge is 0.463 e. The zero-order valence-corrected chi connectivity index (χ0v) is 59.3. The number of carbonyl (C=O) groups is 3. The van der Waals surface area contributed by atoms with Crippen molar-refractivity contribution in [1.82, 2.24) is 4.48 Å². The van der Waals surface area contributed by atoms with Gasteiger partial charge in [-0.2, -0.15) is 0 Å². The van der Waals surface area contributed by atoms with Gasteiger partial charge < -0.3 is 79.2 Å². The van der Waals surface area contributed by atoms with Crippen LogP contribution in [0.3, 0.4) is 0 Å². The maximum atomic E-state index is 17.6. The molecule has 5 aliphatic heterocycles. The van der Waals surface area contributed by atoms with Gasteiger partial charge in [0.1, 0.15) is 56.4 Å². The van der Waals surface area contributed by atoms with Crippen LogP contribution in [0.25, 0.3) is 23.8 Å². The summed E-state index contributed by atoms with van der Waals surface area (Å²) in [5.41, 5.74) is 6.81. The zero-order chi connectivity index (χ0) is 71.3. The second kappa shape index (κ2) is 30.4. The summed E-state index contributed by atoms with van der Waals surface area (Å²) in [5.74, 6) is 5.26. The van der Waals surface area contributed by atoms with Gasteiger partial charge in [0.05, 0.1) is 12.2 Å². The Labute approximate surface area is 584 Å². The lowest BCUT2D eigenvalue weighted by molar-refractivity contribution is -0.360. The third kappa shape index (κ3) is 15.6. The molecule has 522 valence electrons. The van der Waals surface area contributed by atoms with Crippen molar-refractivity contribution >= 4 is 84.5 Å². The van der Waals surface area contributed by atoms with Crippen LogP contribution in [0.4, 0.5) is 20.0 Å². The van der Waals surface area contributed by atoms with E-state index in [1.807, 2.05) is 147 Å². The number of aromatic nitrogens is 1. The number of anilines is 2. The van der Waals surface area contributed by atoms with Gasteiger partial charge in [-0.15, -0.1) is 6.42 Å². The molecule has 5 aromatic carbocycles. The third-order valence-electron chi connectivity index (χ3n) is 18.1. The highest BCUT2D eigenvalue weighted by atomic mass is 28.4. The number of esters is 3. The maximum absolute atomic E-state index is 17.6. The fourth-order valence-corrected chi connectivity index (χ4v) is 18.2. The van der Waals surface area contributed by atoms with E-state index in [1.54, 1.807) is 62.4 Å². The minimum atomic E-state index is -4.44. The number of rotatable bonds is 22. The first kappa shape index (κ1) is 72.2. The Balaban J connectivity index is 0.880. The maximum Gasteiger partial charge on any atom is 0.737 e. The van der Waals surface area contributed by atoms with Gasteiger partial charge in [0.2, 0.25) is 0 Å². The number of ether oxygens (including phenoxy) is 10. The van der Waals surface area contributed by atoms with Crippen molar-refractivity contribution in [3.63, 3.8) is 0 Å². The Kier molecular flexibility index (Phi) is 22.0. The Bertz CT molecular complexity index is 4170. The third-order valence-corrected chi connectivity index (χ3v) is 23.1. The molecule has 1 aromatic heterocycles. The van der Waals surface area contributed by atoms with Crippen LogP contribution in [0.1, 0.15) is 89.0 Å². The van der Waals surface area contributed by atoms with Crippen molar-refractivity contribution in [3.05, 3.63) is 203 Å². The lowest BCUT2D eigenvalue weighted by Crippen LogP contribution is -2.69. The lowest BCUT2D eigenvalue weighted by atomic mass is 9.85. The monoisotopic (exact) mass is 1380 g/mol. The van der Waals surface area contributed by atoms with Crippen molar-refractivity contribution in [2.75, 3.05) is 64.4 Å². The number of allylic oxidation sites excluding steroid dienone is 3. The van der Waals surface area contributed by atoms with Gasteiger partial charge in [-0.1, -0.05) is 142 Å². The molecule has 5 aliphatic rings. The number of hydrogen-bond donors (Lipinski definition) is 0. The van der Waals surface area contributed by atoms with Gasteiger partial charge in [0.25, 0.3) is 8.32 Å². The van der Waals surface area contributed by atoms with Crippen molar-refractivity contribution in [2.24, 2.45) is 0 Å². The molecule has 11 rings (SSSR count). The predicted molar refractivity (Wildman–Crippen MR) is 383 cm³/mol. The summed E-state index contributed by atoms with van der Waals surface area (Å²) in [4.78, 5) is 43.2. The fraction of sp³-hybridized carbons (Fsp3) is 0.359. The highest BCUT2D eigenvalue weighted by molar-refractivity contribution is 6.99. The molecule has 3 saturated heterocycles. The Morgan fingerprint density at radius 2 is 1.23 bits per heavy atom. The lowest BCUT2D eigenvalue weighted by Gasteiger charge is -2.48. The van der Waals surface area contributed by atoms with Gasteiger partial charge in [-0.3, -0.25) is 14.4 Å². The number of nitrogens with zero attached hydrogens (tertiary/aromatic N) is 4. The Hall–Kier alpha value is -9.04. The molecule has 6 aromatic rings. The van der Waals surface area contributed by atoms with Crippen LogP contribution in [-0.2, 0) is 66.2 Å². The standard InChI is InChI=1S/C78H85BF2N4O14Si/c1-14-47-89-73-72-70(98-78(8,9)99-72)67(50-92-100(77(5,6)7,62-23-17-15-18-24-62)63-25-19-16-20-26-63)96-76(73)97-69-66(49-91-51(2)86)95-75(74(94-53(4)88)71(69)93-52(3)87)90-48-21-22-54-27-35-57(36-28-54)68-64-45-43-60(41-33-55-29-37-58(38-30-55)82(10)11)84(64)79(80,81)85-61(44-46-65(68)85)42-34-56-31-39-59(40-32-56)83(12)13/h1,15-20,23-46,66-67,69-76H,47-50H2,2-13H3/b41-33+,42-34+/t66-,67-,69-,70+,71+,72+,73-,74-,75-,76-/m1/s1. The molecule has 22 heteroatoms. The summed E-state index contributed by atoms with van der Waals surface area (Å²) in [6.07, 6.45) is 3.99. The summed E-state index contributed by atoms with van der Waals surface area (Å²) in [5, 5.41) is 1.64. The van der Waals surface area contributed by atoms with E-state index in [4.69, 9.17) is 58.2 Å². The molecule has 0 bridgehead atoms. The predicted octanol–water partition coefficient (Wildman–Crippen LogP) is 10.3. The van der Waals surface area contributed by atoms with E-state index in [-0.39, 0.29) is 19.8 Å². The Morgan fingerprint density at radius 3 is 1.80 bits per heavy atom. The summed E-state index contributed by atoms with van der Waals surface area (Å²) < 4.78 is 109. The van der Waals surface area contributed by atoms with Crippen molar-refractivity contribution < 1.29 is 79.3 Å². The molecule has 0 unspecified atom stereocenters. The first-order valence-electron chi connectivity index (χ1n) is 33.3. The molecule has 0 aliphatic carbocycles. The topological polar surface area (TPSA) is 167 Å². The van der Waals surface area contributed by atoms with Crippen LogP contribution in [0.15, 0.2) is 170 Å². The van der Waals surface area contributed by atoms with E-state index in [9.17, 15) is 14.4 Å². The average Bonchev–Trinajstić information content (AvgIpc) is 1.51. The van der Waals surface area contributed by atoms with Gasteiger partial charge in [0, 0.05) is 95.5 Å². The molecule has 0 saturated carbocycles. The molecule has 100 heavy (non-hydrogen) atoms. The molecule has 10 atom stereocenters. The quantitative estimate of drug-likeness (QED) is 0.0272. The van der Waals surface area contributed by atoms with Crippen molar-refractivity contribution in [3.8, 4) is 24.2 Å². The van der Waals surface area contributed by atoms with Gasteiger partial charge in [-0.25, -0.2) is 0 Å². The minimum Gasteiger partial charge on any atom is -0.463 e. The highest BCUT2D eigenvalue weighted by Gasteiger charge is 2.61. The van der Waals surface area contributed by atoms with Gasteiger partial charge in [0.15, 0.2) is 42.0 Å². The summed E-state index contributed by atoms with van der Waals surface area (Å²) in [6, 6.07) is 46.6. The van der Waals surface area contributed by atoms with Crippen LogP contribution < -0.4 is 20.2 Å². The molecule has 18 nitrogen and oxygen atoms in total. The van der Waals surface area contributed by atoms with Gasteiger partial charge in [-0.05, 0) is 107 Å². The number of fused-ring (bicyclic) bond motifs is 3. The molecule has 3 fully saturated rings. The summed E-state index contributed by atoms with van der Waals surface area (Å²) >= 11 is 0. The highest BCUT2D eigenvalue weighted by Crippen LogP contribution is 2.45. The molecular formula is C78H85BF2N4O14Si.